The van der Waals surface area contributed by atoms with Crippen LogP contribution in [0.25, 0.3) is 0 Å². The highest BCUT2D eigenvalue weighted by molar-refractivity contribution is 7.98. The van der Waals surface area contributed by atoms with Gasteiger partial charge in [-0.1, -0.05) is 30.3 Å². The minimum absolute atomic E-state index is 0.177. The average Bonchev–Trinajstić information content (AvgIpc) is 2.71. The number of likely N-dealkylation sites (tertiary alicyclic amines) is 1. The number of amides is 1. The van der Waals surface area contributed by atoms with Crippen LogP contribution >= 0.6 is 11.8 Å². The molecule has 2 aliphatic heterocycles. The van der Waals surface area contributed by atoms with Gasteiger partial charge in [-0.25, -0.2) is 0 Å². The first-order chi connectivity index (χ1) is 15.8. The molecule has 176 valence electrons. The van der Waals surface area contributed by atoms with E-state index in [1.165, 1.54) is 6.07 Å². The second-order valence-electron chi connectivity index (χ2n) is 9.54. The van der Waals surface area contributed by atoms with E-state index >= 15 is 0 Å². The minimum Gasteiger partial charge on any atom is -0.380 e. The number of benzene rings is 2. The van der Waals surface area contributed by atoms with E-state index in [0.717, 1.165) is 75.0 Å². The van der Waals surface area contributed by atoms with Crippen LogP contribution in [0, 0.1) is 5.41 Å². The number of nitrogens with zero attached hydrogens (tertiary/aromatic N) is 1. The fourth-order valence-electron chi connectivity index (χ4n) is 5.42. The lowest BCUT2D eigenvalue weighted by atomic mass is 9.63. The summed E-state index contributed by atoms with van der Waals surface area (Å²) >= 11 is 1.15. The zero-order valence-corrected chi connectivity index (χ0v) is 19.3. The molecule has 1 aliphatic carbocycles. The summed E-state index contributed by atoms with van der Waals surface area (Å²) in [6, 6.07) is 13.0. The lowest BCUT2D eigenvalue weighted by Gasteiger charge is -2.66. The Kier molecular flexibility index (Phi) is 5.74. The van der Waals surface area contributed by atoms with E-state index in [1.807, 2.05) is 30.3 Å². The Morgan fingerprint density at radius 1 is 1.12 bits per heavy atom. The molecule has 1 saturated carbocycles. The van der Waals surface area contributed by atoms with E-state index in [4.69, 9.17) is 4.74 Å². The van der Waals surface area contributed by atoms with Gasteiger partial charge in [0.05, 0.1) is 30.4 Å². The van der Waals surface area contributed by atoms with Crippen LogP contribution in [0.2, 0.25) is 0 Å². The number of ether oxygens (including phenoxy) is 1. The molecule has 1 unspecified atom stereocenters. The minimum atomic E-state index is -4.44. The first-order valence-corrected chi connectivity index (χ1v) is 12.4. The second-order valence-corrected chi connectivity index (χ2v) is 10.4. The molecule has 0 radical (unpaired) electrons. The average molecular weight is 477 g/mol. The molecule has 2 aromatic carbocycles. The number of alkyl halides is 3. The first-order valence-electron chi connectivity index (χ1n) is 11.2. The SMILES string of the molecule is CSc1cc(C(F)(F)F)ccc1C(=O)NC(c1ccccc1)C1(N2CC3(COC3)C2)CCC1. The Hall–Kier alpha value is -2.03. The van der Waals surface area contributed by atoms with Gasteiger partial charge in [-0.05, 0) is 49.3 Å². The lowest BCUT2D eigenvalue weighted by Crippen LogP contribution is -2.75. The summed E-state index contributed by atoms with van der Waals surface area (Å²) in [6.07, 6.45) is 0.295. The Morgan fingerprint density at radius 2 is 1.82 bits per heavy atom. The maximum Gasteiger partial charge on any atom is 0.416 e. The highest BCUT2D eigenvalue weighted by Gasteiger charge is 2.59. The topological polar surface area (TPSA) is 41.6 Å². The number of hydrogen-bond acceptors (Lipinski definition) is 4. The molecule has 0 aromatic heterocycles. The van der Waals surface area contributed by atoms with Crippen LogP contribution in [0.5, 0.6) is 0 Å². The van der Waals surface area contributed by atoms with Crippen LogP contribution in [0.15, 0.2) is 53.4 Å². The van der Waals surface area contributed by atoms with Gasteiger partial charge >= 0.3 is 6.18 Å². The molecule has 0 bridgehead atoms. The Bertz CT molecular complexity index is 1030. The van der Waals surface area contributed by atoms with E-state index in [2.05, 4.69) is 10.2 Å². The number of carbonyl (C=O) groups is 1. The monoisotopic (exact) mass is 476 g/mol. The van der Waals surface area contributed by atoms with Gasteiger partial charge in [0.2, 0.25) is 0 Å². The van der Waals surface area contributed by atoms with Crippen molar-refractivity contribution in [1.82, 2.24) is 10.2 Å². The molecule has 33 heavy (non-hydrogen) atoms. The van der Waals surface area contributed by atoms with Crippen molar-refractivity contribution in [1.29, 1.82) is 0 Å². The fourth-order valence-corrected chi connectivity index (χ4v) is 6.04. The maximum absolute atomic E-state index is 13.4. The molecule has 3 fully saturated rings. The van der Waals surface area contributed by atoms with E-state index in [9.17, 15) is 18.0 Å². The van der Waals surface area contributed by atoms with Gasteiger partial charge in [-0.3, -0.25) is 9.69 Å². The predicted octanol–water partition coefficient (Wildman–Crippen LogP) is 5.15. The largest absolute Gasteiger partial charge is 0.416 e. The summed E-state index contributed by atoms with van der Waals surface area (Å²) in [6.45, 7) is 3.51. The number of thioether (sulfide) groups is 1. The lowest BCUT2D eigenvalue weighted by molar-refractivity contribution is -0.229. The van der Waals surface area contributed by atoms with Crippen molar-refractivity contribution in [3.63, 3.8) is 0 Å². The first kappa shape index (κ1) is 22.7. The van der Waals surface area contributed by atoms with Crippen LogP contribution < -0.4 is 5.32 Å². The van der Waals surface area contributed by atoms with E-state index < -0.39 is 11.7 Å². The van der Waals surface area contributed by atoms with Crippen molar-refractivity contribution < 1.29 is 22.7 Å². The summed E-state index contributed by atoms with van der Waals surface area (Å²) < 4.78 is 45.0. The maximum atomic E-state index is 13.4. The molecular weight excluding hydrogens is 449 g/mol. The second kappa shape index (κ2) is 8.32. The molecule has 1 N–H and O–H groups in total. The quantitative estimate of drug-likeness (QED) is 0.586. The summed E-state index contributed by atoms with van der Waals surface area (Å²) in [7, 11) is 0. The molecule has 2 heterocycles. The van der Waals surface area contributed by atoms with Crippen molar-refractivity contribution in [2.24, 2.45) is 5.41 Å². The summed E-state index contributed by atoms with van der Waals surface area (Å²) in [4.78, 5) is 16.2. The number of hydrogen-bond donors (Lipinski definition) is 1. The van der Waals surface area contributed by atoms with Crippen LogP contribution in [0.3, 0.4) is 0 Å². The molecule has 1 amide bonds. The molecule has 4 nitrogen and oxygen atoms in total. The number of carbonyl (C=O) groups excluding carboxylic acids is 1. The highest BCUT2D eigenvalue weighted by Crippen LogP contribution is 2.53. The molecule has 3 aliphatic rings. The standard InChI is InChI=1S/C25H27F3N2O2S/c1-33-20-12-18(25(26,27)28)8-9-19(20)22(31)29-21(17-6-3-2-4-7-17)24(10-5-11-24)30-13-23(14-30)15-32-16-23/h2-4,6-9,12,21H,5,10-11,13-16H2,1H3,(H,29,31). The summed E-state index contributed by atoms with van der Waals surface area (Å²) in [5.41, 5.74) is 0.635. The van der Waals surface area contributed by atoms with Gasteiger partial charge in [0.15, 0.2) is 0 Å². The van der Waals surface area contributed by atoms with Crippen LogP contribution in [-0.4, -0.2) is 48.9 Å². The number of rotatable bonds is 6. The molecule has 8 heteroatoms. The van der Waals surface area contributed by atoms with Gasteiger partial charge in [0, 0.05) is 28.9 Å². The van der Waals surface area contributed by atoms with E-state index in [0.29, 0.717) is 4.90 Å². The van der Waals surface area contributed by atoms with Crippen molar-refractivity contribution in [2.75, 3.05) is 32.6 Å². The van der Waals surface area contributed by atoms with Crippen molar-refractivity contribution in [2.45, 2.75) is 41.9 Å². The van der Waals surface area contributed by atoms with Gasteiger partial charge in [0.1, 0.15) is 0 Å². The van der Waals surface area contributed by atoms with Crippen molar-refractivity contribution in [3.05, 3.63) is 65.2 Å². The summed E-state index contributed by atoms with van der Waals surface area (Å²) in [5, 5.41) is 3.23. The third-order valence-corrected chi connectivity index (χ3v) is 8.21. The molecular formula is C25H27F3N2O2S. The highest BCUT2D eigenvalue weighted by atomic mass is 32.2. The molecule has 1 spiro atoms. The zero-order valence-electron chi connectivity index (χ0n) is 18.5. The fraction of sp³-hybridized carbons (Fsp3) is 0.480. The molecule has 2 aromatic rings. The number of halogens is 3. The zero-order chi connectivity index (χ0) is 23.3. The summed E-state index contributed by atoms with van der Waals surface area (Å²) in [5.74, 6) is -0.338. The Morgan fingerprint density at radius 3 is 2.33 bits per heavy atom. The Balaban J connectivity index is 1.44. The van der Waals surface area contributed by atoms with Crippen molar-refractivity contribution >= 4 is 17.7 Å². The Labute approximate surface area is 195 Å². The third kappa shape index (κ3) is 3.96. The van der Waals surface area contributed by atoms with Gasteiger partial charge in [-0.2, -0.15) is 13.2 Å². The van der Waals surface area contributed by atoms with Crippen LogP contribution in [0.1, 0.15) is 46.8 Å². The molecule has 5 rings (SSSR count). The van der Waals surface area contributed by atoms with Crippen LogP contribution in [-0.2, 0) is 10.9 Å². The van der Waals surface area contributed by atoms with Gasteiger partial charge < -0.3 is 10.1 Å². The normalized spacial score (nSPS) is 22.1. The third-order valence-electron chi connectivity index (χ3n) is 7.44. The predicted molar refractivity (Wildman–Crippen MR) is 121 cm³/mol. The van der Waals surface area contributed by atoms with Gasteiger partial charge in [-0.15, -0.1) is 11.8 Å². The molecule has 2 saturated heterocycles. The molecule has 1 atom stereocenters. The smallest absolute Gasteiger partial charge is 0.380 e. The van der Waals surface area contributed by atoms with Crippen LogP contribution in [0.4, 0.5) is 13.2 Å². The number of nitrogens with one attached hydrogen (secondary N) is 1. The van der Waals surface area contributed by atoms with Gasteiger partial charge in [0.25, 0.3) is 5.91 Å². The van der Waals surface area contributed by atoms with E-state index in [-0.39, 0.29) is 28.5 Å². The van der Waals surface area contributed by atoms with Crippen molar-refractivity contribution in [3.8, 4) is 0 Å². The van der Waals surface area contributed by atoms with E-state index in [1.54, 1.807) is 6.26 Å².